The molecule has 0 radical (unpaired) electrons. The Morgan fingerprint density at radius 1 is 1.07 bits per heavy atom. The summed E-state index contributed by atoms with van der Waals surface area (Å²) in [4.78, 5) is 25.0. The smallest absolute Gasteiger partial charge is 0.328 e. The van der Waals surface area contributed by atoms with Gasteiger partial charge in [0.2, 0.25) is 15.9 Å². The molecule has 1 heterocycles. The van der Waals surface area contributed by atoms with E-state index in [1.807, 2.05) is 47.6 Å². The molecular formula is C22H34N2O5S. The van der Waals surface area contributed by atoms with E-state index in [1.165, 1.54) is 11.4 Å². The fraction of sp³-hybridized carbons (Fsp3) is 0.636. The third kappa shape index (κ3) is 4.86. The Bertz CT molecular complexity index is 890. The molecule has 2 rings (SSSR count). The normalized spacial score (nSPS) is 17.1. The number of nitrogens with zero attached hydrogens (tertiary/aromatic N) is 1. The average Bonchev–Trinajstić information content (AvgIpc) is 2.69. The van der Waals surface area contributed by atoms with Gasteiger partial charge < -0.3 is 10.1 Å². The summed E-state index contributed by atoms with van der Waals surface area (Å²) in [7, 11) is -2.35. The van der Waals surface area contributed by atoms with Crippen LogP contribution >= 0.6 is 0 Å². The zero-order valence-electron chi connectivity index (χ0n) is 19.0. The highest BCUT2D eigenvalue weighted by Crippen LogP contribution is 2.31. The van der Waals surface area contributed by atoms with Gasteiger partial charge in [0.15, 0.2) is 0 Å². The van der Waals surface area contributed by atoms with Crippen molar-refractivity contribution >= 4 is 21.9 Å². The second-order valence-corrected chi connectivity index (χ2v) is 10.4. The lowest BCUT2D eigenvalue weighted by molar-refractivity contribution is -0.147. The molecule has 0 aliphatic carbocycles. The number of sulfonamides is 1. The predicted molar refractivity (Wildman–Crippen MR) is 116 cm³/mol. The van der Waals surface area contributed by atoms with Crippen LogP contribution in [0.15, 0.2) is 11.0 Å². The molecule has 1 aliphatic rings. The van der Waals surface area contributed by atoms with Gasteiger partial charge in [-0.05, 0) is 68.7 Å². The van der Waals surface area contributed by atoms with Crippen LogP contribution in [0, 0.1) is 39.5 Å². The quantitative estimate of drug-likeness (QED) is 0.689. The fourth-order valence-corrected chi connectivity index (χ4v) is 6.00. The van der Waals surface area contributed by atoms with Crippen LogP contribution < -0.4 is 5.32 Å². The average molecular weight is 439 g/mol. The predicted octanol–water partition coefficient (Wildman–Crippen LogP) is 2.63. The Hall–Kier alpha value is -1.93. The fourth-order valence-electron chi connectivity index (χ4n) is 3.95. The molecule has 0 aromatic heterocycles. The van der Waals surface area contributed by atoms with Crippen LogP contribution in [0.25, 0.3) is 0 Å². The van der Waals surface area contributed by atoms with E-state index in [9.17, 15) is 18.0 Å². The minimum atomic E-state index is -3.64. The number of hydrogen-bond donors (Lipinski definition) is 1. The molecule has 168 valence electrons. The maximum Gasteiger partial charge on any atom is 0.328 e. The Morgan fingerprint density at radius 3 is 2.00 bits per heavy atom. The molecule has 1 saturated heterocycles. The zero-order valence-corrected chi connectivity index (χ0v) is 19.9. The number of hydrogen-bond acceptors (Lipinski definition) is 5. The molecule has 0 bridgehead atoms. The van der Waals surface area contributed by atoms with Crippen LogP contribution in [0.3, 0.4) is 0 Å². The van der Waals surface area contributed by atoms with E-state index >= 15 is 0 Å². The van der Waals surface area contributed by atoms with Gasteiger partial charge in [0.25, 0.3) is 0 Å². The number of methoxy groups -OCH3 is 1. The third-order valence-electron chi connectivity index (χ3n) is 6.14. The van der Waals surface area contributed by atoms with Gasteiger partial charge in [-0.3, -0.25) is 4.79 Å². The molecule has 1 amide bonds. The highest BCUT2D eigenvalue weighted by molar-refractivity contribution is 7.89. The van der Waals surface area contributed by atoms with E-state index in [0.29, 0.717) is 17.7 Å². The van der Waals surface area contributed by atoms with Crippen molar-refractivity contribution in [2.24, 2.45) is 11.8 Å². The zero-order chi connectivity index (χ0) is 22.8. The largest absolute Gasteiger partial charge is 0.467 e. The van der Waals surface area contributed by atoms with Gasteiger partial charge >= 0.3 is 5.97 Å². The lowest BCUT2D eigenvalue weighted by atomic mass is 9.95. The standard InChI is InChI=1S/C22H34N2O5S/c1-13(2)19(22(26)29-7)23-21(25)18-8-10-24(11-9-18)30(27,28)20-16(5)14(3)12-15(4)17(20)6/h12-13,18-19H,8-11H2,1-7H3,(H,23,25)/t19-/m0/s1. The monoisotopic (exact) mass is 438 g/mol. The molecule has 0 unspecified atom stereocenters. The summed E-state index contributed by atoms with van der Waals surface area (Å²) in [6, 6.07) is 1.30. The van der Waals surface area contributed by atoms with Crippen molar-refractivity contribution in [3.05, 3.63) is 28.3 Å². The number of carbonyl (C=O) groups is 2. The van der Waals surface area contributed by atoms with Gasteiger partial charge in [0.05, 0.1) is 12.0 Å². The van der Waals surface area contributed by atoms with Crippen molar-refractivity contribution in [2.75, 3.05) is 20.2 Å². The van der Waals surface area contributed by atoms with Crippen molar-refractivity contribution in [3.63, 3.8) is 0 Å². The topological polar surface area (TPSA) is 92.8 Å². The number of nitrogens with one attached hydrogen (secondary N) is 1. The Balaban J connectivity index is 2.14. The van der Waals surface area contributed by atoms with Crippen LogP contribution in [0.5, 0.6) is 0 Å². The van der Waals surface area contributed by atoms with Crippen LogP contribution in [0.2, 0.25) is 0 Å². The first-order valence-electron chi connectivity index (χ1n) is 10.4. The first kappa shape index (κ1) is 24.3. The third-order valence-corrected chi connectivity index (χ3v) is 8.31. The number of piperidine rings is 1. The van der Waals surface area contributed by atoms with Gasteiger partial charge in [-0.25, -0.2) is 13.2 Å². The number of benzene rings is 1. The summed E-state index contributed by atoms with van der Waals surface area (Å²) in [6.45, 7) is 11.7. The number of rotatable bonds is 6. The number of ether oxygens (including phenoxy) is 1. The Kier molecular flexibility index (Phi) is 7.69. The van der Waals surface area contributed by atoms with Crippen molar-refractivity contribution in [2.45, 2.75) is 65.3 Å². The van der Waals surface area contributed by atoms with E-state index in [-0.39, 0.29) is 30.8 Å². The molecule has 7 nitrogen and oxygen atoms in total. The molecule has 0 saturated carbocycles. The summed E-state index contributed by atoms with van der Waals surface area (Å²) < 4.78 is 33.0. The maximum absolute atomic E-state index is 13.4. The van der Waals surface area contributed by atoms with Crippen LogP contribution in [-0.2, 0) is 24.3 Å². The number of esters is 1. The van der Waals surface area contributed by atoms with Gasteiger partial charge in [0.1, 0.15) is 6.04 Å². The molecule has 1 N–H and O–H groups in total. The number of aryl methyl sites for hydroxylation is 2. The molecule has 8 heteroatoms. The van der Waals surface area contributed by atoms with Crippen molar-refractivity contribution in [3.8, 4) is 0 Å². The van der Waals surface area contributed by atoms with E-state index in [1.54, 1.807) is 0 Å². The van der Waals surface area contributed by atoms with E-state index in [4.69, 9.17) is 4.74 Å². The van der Waals surface area contributed by atoms with Gasteiger partial charge in [-0.2, -0.15) is 4.31 Å². The summed E-state index contributed by atoms with van der Waals surface area (Å²) in [5.41, 5.74) is 3.45. The summed E-state index contributed by atoms with van der Waals surface area (Å²) in [5, 5.41) is 2.77. The lowest BCUT2D eigenvalue weighted by Crippen LogP contribution is -2.49. The van der Waals surface area contributed by atoms with Gasteiger partial charge in [-0.1, -0.05) is 19.9 Å². The number of amides is 1. The van der Waals surface area contributed by atoms with E-state index in [0.717, 1.165) is 22.3 Å². The van der Waals surface area contributed by atoms with E-state index in [2.05, 4.69) is 5.32 Å². The second kappa shape index (κ2) is 9.47. The summed E-state index contributed by atoms with van der Waals surface area (Å²) in [5.74, 6) is -1.13. The molecule has 1 fully saturated rings. The molecule has 0 spiro atoms. The highest BCUT2D eigenvalue weighted by atomic mass is 32.2. The van der Waals surface area contributed by atoms with Crippen LogP contribution in [-0.4, -0.2) is 50.8 Å². The number of carbonyl (C=O) groups excluding carboxylic acids is 2. The maximum atomic E-state index is 13.4. The molecule has 1 aliphatic heterocycles. The molecule has 1 aromatic carbocycles. The minimum absolute atomic E-state index is 0.0997. The molecular weight excluding hydrogens is 404 g/mol. The summed E-state index contributed by atoms with van der Waals surface area (Å²) in [6.07, 6.45) is 0.833. The summed E-state index contributed by atoms with van der Waals surface area (Å²) >= 11 is 0. The molecule has 30 heavy (non-hydrogen) atoms. The Morgan fingerprint density at radius 2 is 1.57 bits per heavy atom. The van der Waals surface area contributed by atoms with Crippen LogP contribution in [0.1, 0.15) is 48.9 Å². The first-order valence-corrected chi connectivity index (χ1v) is 11.8. The first-order chi connectivity index (χ1) is 13.9. The SMILES string of the molecule is COC(=O)[C@@H](NC(=O)C1CCN(S(=O)(=O)c2c(C)c(C)cc(C)c2C)CC1)C(C)C. The minimum Gasteiger partial charge on any atom is -0.467 e. The second-order valence-electron chi connectivity index (χ2n) is 8.52. The van der Waals surface area contributed by atoms with Crippen molar-refractivity contribution < 1.29 is 22.7 Å². The highest BCUT2D eigenvalue weighted by Gasteiger charge is 2.35. The van der Waals surface area contributed by atoms with Gasteiger partial charge in [0, 0.05) is 19.0 Å². The lowest BCUT2D eigenvalue weighted by Gasteiger charge is -2.32. The molecule has 1 aromatic rings. The van der Waals surface area contributed by atoms with Gasteiger partial charge in [-0.15, -0.1) is 0 Å². The van der Waals surface area contributed by atoms with E-state index < -0.39 is 22.0 Å². The van der Waals surface area contributed by atoms with Crippen molar-refractivity contribution in [1.82, 2.24) is 9.62 Å². The van der Waals surface area contributed by atoms with Crippen LogP contribution in [0.4, 0.5) is 0 Å². The van der Waals surface area contributed by atoms with Crippen molar-refractivity contribution in [1.29, 1.82) is 0 Å². The molecule has 1 atom stereocenters. The Labute approximate surface area is 180 Å².